The fraction of sp³-hybridized carbons (Fsp3) is 1.00. The normalized spacial score (nSPS) is 16.0. The lowest BCUT2D eigenvalue weighted by molar-refractivity contribution is 0.00250. The molecule has 2 N–H and O–H groups in total. The Morgan fingerprint density at radius 2 is 2.07 bits per heavy atom. The first-order valence-electron chi connectivity index (χ1n) is 5.44. The van der Waals surface area contributed by atoms with Crippen molar-refractivity contribution in [1.29, 1.82) is 0 Å². The molecule has 0 spiro atoms. The highest BCUT2D eigenvalue weighted by Gasteiger charge is 2.36. The van der Waals surface area contributed by atoms with Gasteiger partial charge in [0.2, 0.25) is 0 Å². The third-order valence-electron chi connectivity index (χ3n) is 3.21. The Hall–Kier alpha value is 0.230. The van der Waals surface area contributed by atoms with Gasteiger partial charge in [0, 0.05) is 26.0 Å². The van der Waals surface area contributed by atoms with Crippen LogP contribution in [0.2, 0.25) is 0 Å². The van der Waals surface area contributed by atoms with E-state index in [1.807, 2.05) is 11.8 Å². The first-order chi connectivity index (χ1) is 7.05. The lowest BCUT2D eigenvalue weighted by atomic mass is 9.85. The van der Waals surface area contributed by atoms with Crippen molar-refractivity contribution >= 4 is 11.8 Å². The second-order valence-corrected chi connectivity index (χ2v) is 5.30. The molecule has 92 valence electrons. The Kier molecular flexibility index (Phi) is 7.61. The van der Waals surface area contributed by atoms with Gasteiger partial charge in [-0.15, -0.1) is 0 Å². The van der Waals surface area contributed by atoms with Gasteiger partial charge in [-0.05, 0) is 19.2 Å². The van der Waals surface area contributed by atoms with Gasteiger partial charge in [-0.2, -0.15) is 11.8 Å². The Morgan fingerprint density at radius 1 is 1.47 bits per heavy atom. The van der Waals surface area contributed by atoms with E-state index in [2.05, 4.69) is 32.1 Å². The molecular weight excluding hydrogens is 208 g/mol. The molecule has 0 heterocycles. The van der Waals surface area contributed by atoms with Gasteiger partial charge in [-0.3, -0.25) is 4.90 Å². The Morgan fingerprint density at radius 3 is 2.40 bits per heavy atom. The summed E-state index contributed by atoms with van der Waals surface area (Å²) in [5.41, 5.74) is 5.92. The minimum absolute atomic E-state index is 0.0233. The molecule has 0 bridgehead atoms. The number of hydrogen-bond acceptors (Lipinski definition) is 4. The second-order valence-electron chi connectivity index (χ2n) is 4.31. The Balaban J connectivity index is 4.57. The molecule has 15 heavy (non-hydrogen) atoms. The third kappa shape index (κ3) is 3.94. The summed E-state index contributed by atoms with van der Waals surface area (Å²) >= 11 is 1.86. The summed E-state index contributed by atoms with van der Waals surface area (Å²) in [7, 11) is 3.89. The number of likely N-dealkylation sites (N-methyl/N-ethyl adjacent to an activating group) is 1. The maximum Gasteiger partial charge on any atom is 0.0661 e. The minimum Gasteiger partial charge on any atom is -0.383 e. The van der Waals surface area contributed by atoms with Crippen LogP contribution in [0.4, 0.5) is 0 Å². The zero-order valence-corrected chi connectivity index (χ0v) is 11.6. The average molecular weight is 234 g/mol. The van der Waals surface area contributed by atoms with Gasteiger partial charge in [0.15, 0.2) is 0 Å². The summed E-state index contributed by atoms with van der Waals surface area (Å²) in [5, 5.41) is 0. The van der Waals surface area contributed by atoms with Crippen molar-refractivity contribution in [3.8, 4) is 0 Å². The summed E-state index contributed by atoms with van der Waals surface area (Å²) in [6.07, 6.45) is 2.13. The van der Waals surface area contributed by atoms with Crippen molar-refractivity contribution in [2.24, 2.45) is 11.7 Å². The van der Waals surface area contributed by atoms with Crippen LogP contribution >= 0.6 is 11.8 Å². The van der Waals surface area contributed by atoms with Crippen LogP contribution in [-0.4, -0.2) is 56.3 Å². The van der Waals surface area contributed by atoms with Crippen LogP contribution in [0, 0.1) is 5.92 Å². The van der Waals surface area contributed by atoms with E-state index < -0.39 is 0 Å². The molecule has 0 saturated carbocycles. The largest absolute Gasteiger partial charge is 0.383 e. The number of methoxy groups -OCH3 is 1. The van der Waals surface area contributed by atoms with E-state index in [9.17, 15) is 0 Å². The summed E-state index contributed by atoms with van der Waals surface area (Å²) in [5.74, 6) is 1.63. The predicted molar refractivity (Wildman–Crippen MR) is 69.5 cm³/mol. The molecule has 1 atom stereocenters. The van der Waals surface area contributed by atoms with Gasteiger partial charge in [-0.25, -0.2) is 0 Å². The maximum atomic E-state index is 5.94. The first-order valence-corrected chi connectivity index (χ1v) is 6.83. The van der Waals surface area contributed by atoms with Crippen molar-refractivity contribution in [3.05, 3.63) is 0 Å². The Labute approximate surface area is 98.7 Å². The molecule has 0 aliphatic heterocycles. The molecule has 0 aromatic carbocycles. The zero-order chi connectivity index (χ0) is 11.9. The van der Waals surface area contributed by atoms with Crippen molar-refractivity contribution in [1.82, 2.24) is 4.90 Å². The van der Waals surface area contributed by atoms with E-state index in [0.29, 0.717) is 19.1 Å². The quantitative estimate of drug-likeness (QED) is 0.687. The predicted octanol–water partition coefficient (Wildman–Crippen LogP) is 1.28. The fourth-order valence-electron chi connectivity index (χ4n) is 1.87. The van der Waals surface area contributed by atoms with E-state index in [-0.39, 0.29) is 5.54 Å². The Bertz CT molecular complexity index is 167. The molecule has 0 aromatic heterocycles. The zero-order valence-electron chi connectivity index (χ0n) is 10.7. The summed E-state index contributed by atoms with van der Waals surface area (Å²) in [6, 6.07) is 0. The lowest BCUT2D eigenvalue weighted by Gasteiger charge is -2.44. The van der Waals surface area contributed by atoms with Crippen molar-refractivity contribution < 1.29 is 4.74 Å². The fourth-order valence-corrected chi connectivity index (χ4v) is 2.33. The molecule has 1 unspecified atom stereocenters. The summed E-state index contributed by atoms with van der Waals surface area (Å²) < 4.78 is 5.33. The van der Waals surface area contributed by atoms with Crippen molar-refractivity contribution in [2.45, 2.75) is 19.4 Å². The highest BCUT2D eigenvalue weighted by atomic mass is 32.2. The van der Waals surface area contributed by atoms with Gasteiger partial charge in [0.05, 0.1) is 12.1 Å². The van der Waals surface area contributed by atoms with E-state index >= 15 is 0 Å². The molecule has 0 saturated heterocycles. The SMILES string of the molecule is COCC(CN)(C(C)C)N(C)CCSC. The number of nitrogens with two attached hydrogens (primary N) is 1. The monoisotopic (exact) mass is 234 g/mol. The van der Waals surface area contributed by atoms with E-state index in [0.717, 1.165) is 12.3 Å². The van der Waals surface area contributed by atoms with E-state index in [4.69, 9.17) is 10.5 Å². The van der Waals surface area contributed by atoms with Crippen molar-refractivity contribution in [2.75, 3.05) is 45.9 Å². The van der Waals surface area contributed by atoms with Gasteiger partial charge in [0.25, 0.3) is 0 Å². The molecule has 4 heteroatoms. The second kappa shape index (κ2) is 7.49. The van der Waals surface area contributed by atoms with Crippen LogP contribution in [0.15, 0.2) is 0 Å². The molecule has 0 aliphatic carbocycles. The molecule has 0 amide bonds. The van der Waals surface area contributed by atoms with Crippen LogP contribution in [0.25, 0.3) is 0 Å². The van der Waals surface area contributed by atoms with Gasteiger partial charge in [0.1, 0.15) is 0 Å². The summed E-state index contributed by atoms with van der Waals surface area (Å²) in [6.45, 7) is 6.82. The summed E-state index contributed by atoms with van der Waals surface area (Å²) in [4.78, 5) is 2.34. The van der Waals surface area contributed by atoms with Gasteiger partial charge in [-0.1, -0.05) is 13.8 Å². The molecule has 0 radical (unpaired) electrons. The first kappa shape index (κ1) is 15.2. The molecular formula is C11H26N2OS. The topological polar surface area (TPSA) is 38.5 Å². The van der Waals surface area contributed by atoms with Gasteiger partial charge < -0.3 is 10.5 Å². The number of ether oxygens (including phenoxy) is 1. The van der Waals surface area contributed by atoms with Gasteiger partial charge >= 0.3 is 0 Å². The molecule has 0 aliphatic rings. The number of nitrogens with zero attached hydrogens (tertiary/aromatic N) is 1. The highest BCUT2D eigenvalue weighted by molar-refractivity contribution is 7.98. The number of thioether (sulfide) groups is 1. The van der Waals surface area contributed by atoms with E-state index in [1.54, 1.807) is 7.11 Å². The van der Waals surface area contributed by atoms with Crippen molar-refractivity contribution in [3.63, 3.8) is 0 Å². The molecule has 0 fully saturated rings. The number of rotatable bonds is 8. The number of hydrogen-bond donors (Lipinski definition) is 1. The van der Waals surface area contributed by atoms with Crippen LogP contribution in [0.3, 0.4) is 0 Å². The van der Waals surface area contributed by atoms with Crippen LogP contribution in [0.5, 0.6) is 0 Å². The van der Waals surface area contributed by atoms with Crippen LogP contribution < -0.4 is 5.73 Å². The molecule has 0 rings (SSSR count). The average Bonchev–Trinajstić information content (AvgIpc) is 2.22. The lowest BCUT2D eigenvalue weighted by Crippen LogP contribution is -2.59. The minimum atomic E-state index is -0.0233. The van der Waals surface area contributed by atoms with Crippen LogP contribution in [-0.2, 0) is 4.74 Å². The standard InChI is InChI=1S/C11H26N2OS/c1-10(2)11(8-12,9-14-4)13(3)6-7-15-5/h10H,6-9,12H2,1-5H3. The maximum absolute atomic E-state index is 5.94. The molecule has 3 nitrogen and oxygen atoms in total. The van der Waals surface area contributed by atoms with E-state index in [1.165, 1.54) is 0 Å². The van der Waals surface area contributed by atoms with Crippen LogP contribution in [0.1, 0.15) is 13.8 Å². The molecule has 0 aromatic rings. The smallest absolute Gasteiger partial charge is 0.0661 e. The third-order valence-corrected chi connectivity index (χ3v) is 3.80. The highest BCUT2D eigenvalue weighted by Crippen LogP contribution is 2.23.